The van der Waals surface area contributed by atoms with E-state index in [1.807, 2.05) is 34.7 Å². The van der Waals surface area contributed by atoms with Crippen molar-refractivity contribution in [2.75, 3.05) is 20.1 Å². The van der Waals surface area contributed by atoms with E-state index in [9.17, 15) is 9.18 Å². The molecule has 1 amide bonds. The monoisotopic (exact) mass is 348 g/mol. The number of carbonyl (C=O) groups is 1. The summed E-state index contributed by atoms with van der Waals surface area (Å²) in [5.41, 5.74) is -0.292. The minimum atomic E-state index is -0.635. The lowest BCUT2D eigenvalue weighted by Crippen LogP contribution is -2.41. The Balaban J connectivity index is 1.77. The highest BCUT2D eigenvalue weighted by Crippen LogP contribution is 2.36. The molecule has 0 bridgehead atoms. The van der Waals surface area contributed by atoms with E-state index >= 15 is 0 Å². The Morgan fingerprint density at radius 2 is 1.92 bits per heavy atom. The number of likely N-dealkylation sites (N-methyl/N-ethyl adjacent to an activating group) is 1. The third-order valence-electron chi connectivity index (χ3n) is 5.63. The Bertz CT molecular complexity index is 664. The molecule has 0 saturated carbocycles. The first kappa shape index (κ1) is 18.4. The Morgan fingerprint density at radius 3 is 2.44 bits per heavy atom. The highest BCUT2D eigenvalue weighted by atomic mass is 19.1. The first-order valence-electron chi connectivity index (χ1n) is 8.76. The van der Waals surface area contributed by atoms with Crippen LogP contribution < -0.4 is 10.8 Å². The number of nitrogens with one attached hydrogen (secondary N) is 1. The van der Waals surface area contributed by atoms with Gasteiger partial charge in [0.2, 0.25) is 0 Å². The van der Waals surface area contributed by atoms with Crippen molar-refractivity contribution >= 4 is 18.5 Å². The topological polar surface area (TPSA) is 50.8 Å². The SMILES string of the molecule is CNC1CCN(C(=O)c2ccc(B3OC(C)(C)C(C)(C)O3)cc2F)C1. The summed E-state index contributed by atoms with van der Waals surface area (Å²) in [4.78, 5) is 14.3. The van der Waals surface area contributed by atoms with Gasteiger partial charge in [0, 0.05) is 19.1 Å². The zero-order chi connectivity index (χ0) is 18.4. The number of halogens is 1. The van der Waals surface area contributed by atoms with Crippen LogP contribution in [0.3, 0.4) is 0 Å². The van der Waals surface area contributed by atoms with Gasteiger partial charge in [0.15, 0.2) is 0 Å². The average molecular weight is 348 g/mol. The fraction of sp³-hybridized carbons (Fsp3) is 0.611. The molecule has 1 unspecified atom stereocenters. The normalized spacial score (nSPS) is 24.8. The van der Waals surface area contributed by atoms with Gasteiger partial charge in [-0.25, -0.2) is 4.39 Å². The average Bonchev–Trinajstić information content (AvgIpc) is 3.09. The first-order valence-corrected chi connectivity index (χ1v) is 8.76. The van der Waals surface area contributed by atoms with Crippen LogP contribution in [-0.4, -0.2) is 55.3 Å². The van der Waals surface area contributed by atoms with Crippen LogP contribution in [-0.2, 0) is 9.31 Å². The molecular weight excluding hydrogens is 322 g/mol. The summed E-state index contributed by atoms with van der Waals surface area (Å²) in [6.45, 7) is 9.05. The number of amides is 1. The zero-order valence-corrected chi connectivity index (χ0v) is 15.6. The molecule has 5 nitrogen and oxygen atoms in total. The summed E-state index contributed by atoms with van der Waals surface area (Å²) in [6.07, 6.45) is 0.885. The van der Waals surface area contributed by atoms with Crippen LogP contribution in [0.5, 0.6) is 0 Å². The fourth-order valence-electron chi connectivity index (χ4n) is 3.18. The molecule has 0 radical (unpaired) electrons. The van der Waals surface area contributed by atoms with Crippen molar-refractivity contribution in [3.63, 3.8) is 0 Å². The molecule has 2 aliphatic rings. The van der Waals surface area contributed by atoms with Crippen molar-refractivity contribution in [1.29, 1.82) is 0 Å². The number of hydrogen-bond donors (Lipinski definition) is 1. The molecule has 1 aromatic rings. The minimum Gasteiger partial charge on any atom is -0.399 e. The van der Waals surface area contributed by atoms with Crippen LogP contribution >= 0.6 is 0 Å². The number of rotatable bonds is 3. The van der Waals surface area contributed by atoms with Crippen LogP contribution in [0.15, 0.2) is 18.2 Å². The van der Waals surface area contributed by atoms with Gasteiger partial charge < -0.3 is 19.5 Å². The zero-order valence-electron chi connectivity index (χ0n) is 15.6. The Hall–Kier alpha value is -1.44. The van der Waals surface area contributed by atoms with Gasteiger partial charge in [-0.2, -0.15) is 0 Å². The van der Waals surface area contributed by atoms with E-state index in [1.54, 1.807) is 11.0 Å². The van der Waals surface area contributed by atoms with Gasteiger partial charge in [-0.1, -0.05) is 6.07 Å². The van der Waals surface area contributed by atoms with E-state index in [-0.39, 0.29) is 17.5 Å². The highest BCUT2D eigenvalue weighted by Gasteiger charge is 2.51. The van der Waals surface area contributed by atoms with Crippen LogP contribution in [0.2, 0.25) is 0 Å². The molecule has 0 spiro atoms. The van der Waals surface area contributed by atoms with E-state index in [0.717, 1.165) is 6.42 Å². The standard InChI is InChI=1S/C18H26BFN2O3/c1-17(2)18(3,4)25-19(24-17)12-6-7-14(15(20)10-12)16(23)22-9-8-13(11-22)21-5/h6-7,10,13,21H,8-9,11H2,1-5H3. The lowest BCUT2D eigenvalue weighted by atomic mass is 9.78. The van der Waals surface area contributed by atoms with E-state index < -0.39 is 24.1 Å². The first-order chi connectivity index (χ1) is 11.6. The highest BCUT2D eigenvalue weighted by molar-refractivity contribution is 6.62. The number of nitrogens with zero attached hydrogens (tertiary/aromatic N) is 1. The van der Waals surface area contributed by atoms with Crippen molar-refractivity contribution in [2.45, 2.75) is 51.4 Å². The molecule has 3 rings (SSSR count). The third kappa shape index (κ3) is 3.33. The second-order valence-electron chi connectivity index (χ2n) is 7.85. The summed E-state index contributed by atoms with van der Waals surface area (Å²) < 4.78 is 26.5. The van der Waals surface area contributed by atoms with Crippen LogP contribution in [0.25, 0.3) is 0 Å². The maximum Gasteiger partial charge on any atom is 0.494 e. The predicted octanol–water partition coefficient (Wildman–Crippen LogP) is 1.56. The molecule has 1 aromatic carbocycles. The number of benzene rings is 1. The van der Waals surface area contributed by atoms with Crippen LogP contribution in [0.4, 0.5) is 4.39 Å². The Kier molecular flexibility index (Phi) is 4.68. The number of likely N-dealkylation sites (tertiary alicyclic amines) is 1. The summed E-state index contributed by atoms with van der Waals surface area (Å²) in [5, 5.41) is 3.16. The van der Waals surface area contributed by atoms with E-state index in [0.29, 0.717) is 18.6 Å². The molecule has 1 atom stereocenters. The van der Waals surface area contributed by atoms with Crippen molar-refractivity contribution in [1.82, 2.24) is 10.2 Å². The molecule has 2 aliphatic heterocycles. The smallest absolute Gasteiger partial charge is 0.399 e. The Morgan fingerprint density at radius 1 is 1.28 bits per heavy atom. The molecule has 2 saturated heterocycles. The molecule has 2 fully saturated rings. The molecule has 0 aromatic heterocycles. The van der Waals surface area contributed by atoms with Crippen molar-refractivity contribution in [3.05, 3.63) is 29.6 Å². The molecule has 0 aliphatic carbocycles. The van der Waals surface area contributed by atoms with E-state index in [2.05, 4.69) is 5.32 Å². The van der Waals surface area contributed by atoms with Gasteiger partial charge in [-0.3, -0.25) is 4.79 Å². The van der Waals surface area contributed by atoms with Crippen molar-refractivity contribution in [3.8, 4) is 0 Å². The molecule has 2 heterocycles. The predicted molar refractivity (Wildman–Crippen MR) is 95.5 cm³/mol. The van der Waals surface area contributed by atoms with Gasteiger partial charge in [0.25, 0.3) is 5.91 Å². The van der Waals surface area contributed by atoms with Crippen molar-refractivity contribution in [2.24, 2.45) is 0 Å². The summed E-state index contributed by atoms with van der Waals surface area (Å²) in [7, 11) is 1.24. The third-order valence-corrected chi connectivity index (χ3v) is 5.63. The lowest BCUT2D eigenvalue weighted by molar-refractivity contribution is 0.00578. The maximum atomic E-state index is 14.6. The second-order valence-corrected chi connectivity index (χ2v) is 7.85. The van der Waals surface area contributed by atoms with E-state index in [4.69, 9.17) is 9.31 Å². The number of carbonyl (C=O) groups excluding carboxylic acids is 1. The largest absolute Gasteiger partial charge is 0.494 e. The summed E-state index contributed by atoms with van der Waals surface area (Å²) >= 11 is 0. The van der Waals surface area contributed by atoms with Crippen LogP contribution in [0, 0.1) is 5.82 Å². The number of hydrogen-bond acceptors (Lipinski definition) is 4. The van der Waals surface area contributed by atoms with Gasteiger partial charge in [-0.05, 0) is 58.8 Å². The summed E-state index contributed by atoms with van der Waals surface area (Å²) in [6, 6.07) is 4.87. The van der Waals surface area contributed by atoms with Crippen molar-refractivity contribution < 1.29 is 18.5 Å². The van der Waals surface area contributed by atoms with Gasteiger partial charge in [0.1, 0.15) is 5.82 Å². The van der Waals surface area contributed by atoms with Gasteiger partial charge in [0.05, 0.1) is 16.8 Å². The van der Waals surface area contributed by atoms with Gasteiger partial charge in [-0.15, -0.1) is 0 Å². The summed E-state index contributed by atoms with van der Waals surface area (Å²) in [5.74, 6) is -0.805. The van der Waals surface area contributed by atoms with E-state index in [1.165, 1.54) is 12.1 Å². The fourth-order valence-corrected chi connectivity index (χ4v) is 3.18. The second kappa shape index (κ2) is 6.38. The molecule has 1 N–H and O–H groups in total. The molecular formula is C18H26BFN2O3. The Labute approximate surface area is 149 Å². The molecule has 7 heteroatoms. The quantitative estimate of drug-likeness (QED) is 0.843. The minimum absolute atomic E-state index is 0.0945. The molecule has 25 heavy (non-hydrogen) atoms. The maximum absolute atomic E-state index is 14.6. The van der Waals surface area contributed by atoms with Crippen LogP contribution in [0.1, 0.15) is 44.5 Å². The lowest BCUT2D eigenvalue weighted by Gasteiger charge is -2.32. The van der Waals surface area contributed by atoms with Gasteiger partial charge >= 0.3 is 7.12 Å². The molecule has 136 valence electrons.